The van der Waals surface area contributed by atoms with Gasteiger partial charge in [-0.3, -0.25) is 9.69 Å². The number of hydrogen-bond donors (Lipinski definition) is 2. The molecule has 0 aliphatic carbocycles. The third kappa shape index (κ3) is 4.53. The molecular weight excluding hydrogens is 290 g/mol. The summed E-state index contributed by atoms with van der Waals surface area (Å²) in [5.41, 5.74) is 2.75. The fourth-order valence-corrected chi connectivity index (χ4v) is 3.30. The fraction of sp³-hybridized carbons (Fsp3) is 0.611. The van der Waals surface area contributed by atoms with Gasteiger partial charge >= 0.3 is 0 Å². The molecule has 5 nitrogen and oxygen atoms in total. The summed E-state index contributed by atoms with van der Waals surface area (Å²) in [6.45, 7) is 7.18. The predicted molar refractivity (Wildman–Crippen MR) is 90.2 cm³/mol. The van der Waals surface area contributed by atoms with Crippen LogP contribution in [0.25, 0.3) is 0 Å². The minimum absolute atomic E-state index is 0.0852. The molecular formula is C18H27N3O2. The quantitative estimate of drug-likeness (QED) is 0.872. The summed E-state index contributed by atoms with van der Waals surface area (Å²) in [7, 11) is 0. The van der Waals surface area contributed by atoms with Gasteiger partial charge < -0.3 is 15.4 Å². The first-order chi connectivity index (χ1) is 11.2. The molecule has 0 radical (unpaired) electrons. The molecule has 5 heteroatoms. The number of rotatable bonds is 4. The number of morpholine rings is 1. The maximum absolute atomic E-state index is 12.2. The van der Waals surface area contributed by atoms with Crippen molar-refractivity contribution in [1.29, 1.82) is 0 Å². The second-order valence-electron chi connectivity index (χ2n) is 6.57. The van der Waals surface area contributed by atoms with Crippen LogP contribution in [0, 0.1) is 6.92 Å². The van der Waals surface area contributed by atoms with Crippen LogP contribution < -0.4 is 10.6 Å². The number of amides is 1. The van der Waals surface area contributed by atoms with E-state index in [0.29, 0.717) is 19.3 Å². The number of benzene rings is 1. The van der Waals surface area contributed by atoms with Gasteiger partial charge in [-0.25, -0.2) is 0 Å². The van der Waals surface area contributed by atoms with Gasteiger partial charge in [0.25, 0.3) is 0 Å². The van der Waals surface area contributed by atoms with Gasteiger partial charge in [-0.15, -0.1) is 0 Å². The summed E-state index contributed by atoms with van der Waals surface area (Å²) < 4.78 is 5.36. The predicted octanol–water partition coefficient (Wildman–Crippen LogP) is 1.06. The molecule has 0 saturated carbocycles. The van der Waals surface area contributed by atoms with Crippen molar-refractivity contribution in [3.63, 3.8) is 0 Å². The highest BCUT2D eigenvalue weighted by Crippen LogP contribution is 2.16. The Hall–Kier alpha value is -1.43. The van der Waals surface area contributed by atoms with Gasteiger partial charge in [0, 0.05) is 32.2 Å². The van der Waals surface area contributed by atoms with Crippen LogP contribution >= 0.6 is 0 Å². The Morgan fingerprint density at radius 2 is 2.13 bits per heavy atom. The highest BCUT2D eigenvalue weighted by atomic mass is 16.5. The second-order valence-corrected chi connectivity index (χ2v) is 6.57. The van der Waals surface area contributed by atoms with Crippen molar-refractivity contribution in [3.05, 3.63) is 35.4 Å². The molecule has 2 aliphatic rings. The Labute approximate surface area is 138 Å². The molecule has 2 heterocycles. The number of carbonyl (C=O) groups is 1. The van der Waals surface area contributed by atoms with E-state index in [0.717, 1.165) is 39.0 Å². The molecule has 126 valence electrons. The Bertz CT molecular complexity index is 521. The minimum Gasteiger partial charge on any atom is -0.378 e. The van der Waals surface area contributed by atoms with Crippen molar-refractivity contribution in [3.8, 4) is 0 Å². The number of nitrogens with zero attached hydrogens (tertiary/aromatic N) is 1. The Morgan fingerprint density at radius 3 is 2.83 bits per heavy atom. The number of carbonyl (C=O) groups excluding carboxylic acids is 1. The van der Waals surface area contributed by atoms with Crippen LogP contribution in [-0.2, 0) is 16.1 Å². The van der Waals surface area contributed by atoms with Gasteiger partial charge in [0.2, 0.25) is 5.91 Å². The van der Waals surface area contributed by atoms with E-state index in [9.17, 15) is 4.79 Å². The van der Waals surface area contributed by atoms with Crippen LogP contribution in [0.3, 0.4) is 0 Å². The van der Waals surface area contributed by atoms with E-state index in [1.54, 1.807) is 0 Å². The zero-order valence-electron chi connectivity index (χ0n) is 13.9. The molecule has 2 aliphatic heterocycles. The number of nitrogens with one attached hydrogen (secondary N) is 2. The van der Waals surface area contributed by atoms with E-state index in [1.165, 1.54) is 11.1 Å². The number of aryl methyl sites for hydroxylation is 1. The average molecular weight is 317 g/mol. The first-order valence-corrected chi connectivity index (χ1v) is 8.61. The first-order valence-electron chi connectivity index (χ1n) is 8.61. The van der Waals surface area contributed by atoms with Crippen LogP contribution in [0.4, 0.5) is 0 Å². The summed E-state index contributed by atoms with van der Waals surface area (Å²) in [6, 6.07) is 8.67. The maximum Gasteiger partial charge on any atom is 0.239 e. The molecule has 1 aromatic carbocycles. The molecule has 23 heavy (non-hydrogen) atoms. The zero-order chi connectivity index (χ0) is 16.1. The summed E-state index contributed by atoms with van der Waals surface area (Å²) in [5, 5.41) is 6.38. The SMILES string of the molecule is Cc1ccccc1CN1CCC(NC(=O)C2COCCN2)CC1. The van der Waals surface area contributed by atoms with Crippen molar-refractivity contribution in [1.82, 2.24) is 15.5 Å². The van der Waals surface area contributed by atoms with Crippen LogP contribution in [0.1, 0.15) is 24.0 Å². The van der Waals surface area contributed by atoms with Crippen LogP contribution in [0.15, 0.2) is 24.3 Å². The Balaban J connectivity index is 1.43. The topological polar surface area (TPSA) is 53.6 Å². The molecule has 2 N–H and O–H groups in total. The first kappa shape index (κ1) is 16.4. The maximum atomic E-state index is 12.2. The molecule has 1 aromatic rings. The lowest BCUT2D eigenvalue weighted by Gasteiger charge is -2.33. The van der Waals surface area contributed by atoms with Gasteiger partial charge in [0.15, 0.2) is 0 Å². The van der Waals surface area contributed by atoms with Crippen molar-refractivity contribution < 1.29 is 9.53 Å². The molecule has 0 spiro atoms. The monoisotopic (exact) mass is 317 g/mol. The molecule has 1 unspecified atom stereocenters. The summed E-state index contributed by atoms with van der Waals surface area (Å²) >= 11 is 0. The molecule has 2 saturated heterocycles. The highest BCUT2D eigenvalue weighted by Gasteiger charge is 2.26. The Kier molecular flexibility index (Phi) is 5.65. The standard InChI is InChI=1S/C18H27N3O2/c1-14-4-2-3-5-15(14)12-21-9-6-16(7-10-21)20-18(22)17-13-23-11-8-19-17/h2-5,16-17,19H,6-13H2,1H3,(H,20,22). The molecule has 3 rings (SSSR count). The second kappa shape index (κ2) is 7.90. The van der Waals surface area contributed by atoms with Gasteiger partial charge in [0.1, 0.15) is 6.04 Å². The van der Waals surface area contributed by atoms with E-state index in [4.69, 9.17) is 4.74 Å². The van der Waals surface area contributed by atoms with E-state index in [1.807, 2.05) is 0 Å². The highest BCUT2D eigenvalue weighted by molar-refractivity contribution is 5.82. The molecule has 0 bridgehead atoms. The molecule has 1 amide bonds. The third-order valence-electron chi connectivity index (χ3n) is 4.83. The molecule has 1 atom stereocenters. The lowest BCUT2D eigenvalue weighted by Crippen LogP contribution is -2.54. The normalized spacial score (nSPS) is 23.6. The van der Waals surface area contributed by atoms with E-state index >= 15 is 0 Å². The van der Waals surface area contributed by atoms with Gasteiger partial charge in [-0.05, 0) is 30.9 Å². The summed E-state index contributed by atoms with van der Waals surface area (Å²) in [6.07, 6.45) is 2.04. The number of hydrogen-bond acceptors (Lipinski definition) is 4. The average Bonchev–Trinajstić information content (AvgIpc) is 2.59. The molecule has 0 aromatic heterocycles. The molecule has 2 fully saturated rings. The van der Waals surface area contributed by atoms with Crippen molar-refractivity contribution >= 4 is 5.91 Å². The van der Waals surface area contributed by atoms with Gasteiger partial charge in [0.05, 0.1) is 13.2 Å². The number of ether oxygens (including phenoxy) is 1. The number of likely N-dealkylation sites (tertiary alicyclic amines) is 1. The van der Waals surface area contributed by atoms with E-state index in [2.05, 4.69) is 46.7 Å². The summed E-state index contributed by atoms with van der Waals surface area (Å²) in [4.78, 5) is 14.7. The third-order valence-corrected chi connectivity index (χ3v) is 4.83. The van der Waals surface area contributed by atoms with Crippen LogP contribution in [-0.4, -0.2) is 55.7 Å². The van der Waals surface area contributed by atoms with Gasteiger partial charge in [-0.2, -0.15) is 0 Å². The smallest absolute Gasteiger partial charge is 0.239 e. The van der Waals surface area contributed by atoms with Crippen LogP contribution in [0.2, 0.25) is 0 Å². The lowest BCUT2D eigenvalue weighted by atomic mass is 10.0. The van der Waals surface area contributed by atoms with Crippen molar-refractivity contribution in [2.75, 3.05) is 32.8 Å². The van der Waals surface area contributed by atoms with E-state index < -0.39 is 0 Å². The fourth-order valence-electron chi connectivity index (χ4n) is 3.30. The summed E-state index contributed by atoms with van der Waals surface area (Å²) in [5.74, 6) is 0.0852. The Morgan fingerprint density at radius 1 is 1.35 bits per heavy atom. The largest absolute Gasteiger partial charge is 0.378 e. The van der Waals surface area contributed by atoms with Crippen molar-refractivity contribution in [2.24, 2.45) is 0 Å². The van der Waals surface area contributed by atoms with Crippen molar-refractivity contribution in [2.45, 2.75) is 38.4 Å². The van der Waals surface area contributed by atoms with Gasteiger partial charge in [-0.1, -0.05) is 24.3 Å². The zero-order valence-corrected chi connectivity index (χ0v) is 13.9. The lowest BCUT2D eigenvalue weighted by molar-refractivity contribution is -0.126. The minimum atomic E-state index is -0.186. The van der Waals surface area contributed by atoms with E-state index in [-0.39, 0.29) is 11.9 Å². The van der Waals surface area contributed by atoms with Crippen LogP contribution in [0.5, 0.6) is 0 Å². The number of piperidine rings is 1.